The van der Waals surface area contributed by atoms with Crippen LogP contribution in [0.1, 0.15) is 19.8 Å². The molecule has 0 unspecified atom stereocenters. The molecule has 0 aromatic heterocycles. The zero-order valence-corrected chi connectivity index (χ0v) is 6.76. The zero-order chi connectivity index (χ0) is 7.98. The third-order valence-corrected chi connectivity index (χ3v) is 1.35. The van der Waals surface area contributed by atoms with E-state index in [-0.39, 0.29) is 5.91 Å². The molecule has 2 N–H and O–H groups in total. The Morgan fingerprint density at radius 2 is 2.20 bits per heavy atom. The highest BCUT2D eigenvalue weighted by atomic mass is 16.2. The maximum Gasteiger partial charge on any atom is 0.222 e. The highest BCUT2D eigenvalue weighted by Gasteiger charge is 2.04. The highest BCUT2D eigenvalue weighted by Crippen LogP contribution is 1.92. The number of carbonyl (C=O) groups excluding carboxylic acids is 1. The monoisotopic (exact) mass is 144 g/mol. The van der Waals surface area contributed by atoms with Gasteiger partial charge in [0.05, 0.1) is 0 Å². The first kappa shape index (κ1) is 9.43. The molecule has 0 aromatic rings. The molecule has 0 rings (SSSR count). The molecule has 0 bridgehead atoms. The molecule has 0 aliphatic carbocycles. The fraction of sp³-hybridized carbons (Fsp3) is 0.857. The van der Waals surface area contributed by atoms with E-state index in [0.29, 0.717) is 19.5 Å². The van der Waals surface area contributed by atoms with Gasteiger partial charge in [-0.3, -0.25) is 4.79 Å². The maximum atomic E-state index is 11.0. The first-order valence-electron chi connectivity index (χ1n) is 3.66. The molecule has 0 aliphatic heterocycles. The van der Waals surface area contributed by atoms with Crippen LogP contribution in [0.15, 0.2) is 0 Å². The van der Waals surface area contributed by atoms with Crippen LogP contribution in [0.3, 0.4) is 0 Å². The van der Waals surface area contributed by atoms with Gasteiger partial charge in [-0.05, 0) is 6.42 Å². The minimum absolute atomic E-state index is 0.188. The molecule has 10 heavy (non-hydrogen) atoms. The summed E-state index contributed by atoms with van der Waals surface area (Å²) >= 11 is 0. The number of carbonyl (C=O) groups is 1. The van der Waals surface area contributed by atoms with E-state index in [2.05, 4.69) is 0 Å². The summed E-state index contributed by atoms with van der Waals surface area (Å²) in [5.41, 5.74) is 5.27. The lowest BCUT2D eigenvalue weighted by atomic mass is 10.3. The third-order valence-electron chi connectivity index (χ3n) is 1.35. The summed E-state index contributed by atoms with van der Waals surface area (Å²) in [5, 5.41) is 0. The molecule has 0 aromatic carbocycles. The normalized spacial score (nSPS) is 9.50. The predicted octanol–water partition coefficient (Wildman–Crippen LogP) is 0.204. The number of amides is 1. The smallest absolute Gasteiger partial charge is 0.222 e. The van der Waals surface area contributed by atoms with Crippen LogP contribution in [0.2, 0.25) is 0 Å². The van der Waals surface area contributed by atoms with Crippen LogP contribution >= 0.6 is 0 Å². The lowest BCUT2D eigenvalue weighted by Crippen LogP contribution is -2.31. The second-order valence-corrected chi connectivity index (χ2v) is 2.35. The van der Waals surface area contributed by atoms with Crippen molar-refractivity contribution in [3.8, 4) is 0 Å². The summed E-state index contributed by atoms with van der Waals surface area (Å²) in [6, 6.07) is 0. The van der Waals surface area contributed by atoms with Gasteiger partial charge in [-0.15, -0.1) is 0 Å². The van der Waals surface area contributed by atoms with Crippen molar-refractivity contribution in [2.45, 2.75) is 19.8 Å². The standard InChI is InChI=1S/C7H16N2O/c1-3-4-7(10)9(2)6-5-8/h3-6,8H2,1-2H3. The minimum Gasteiger partial charge on any atom is -0.344 e. The molecule has 0 atom stereocenters. The van der Waals surface area contributed by atoms with E-state index >= 15 is 0 Å². The lowest BCUT2D eigenvalue weighted by molar-refractivity contribution is -0.129. The molecule has 0 spiro atoms. The second kappa shape index (κ2) is 5.23. The van der Waals surface area contributed by atoms with Gasteiger partial charge in [0, 0.05) is 26.6 Å². The number of nitrogens with two attached hydrogens (primary N) is 1. The summed E-state index contributed by atoms with van der Waals surface area (Å²) in [5.74, 6) is 0.188. The Balaban J connectivity index is 3.49. The van der Waals surface area contributed by atoms with Crippen molar-refractivity contribution in [2.75, 3.05) is 20.1 Å². The van der Waals surface area contributed by atoms with Crippen molar-refractivity contribution in [3.05, 3.63) is 0 Å². The van der Waals surface area contributed by atoms with Crippen LogP contribution in [0.25, 0.3) is 0 Å². The lowest BCUT2D eigenvalue weighted by Gasteiger charge is -2.14. The van der Waals surface area contributed by atoms with E-state index in [1.165, 1.54) is 0 Å². The Labute approximate surface area is 62.2 Å². The number of rotatable bonds is 4. The van der Waals surface area contributed by atoms with Gasteiger partial charge in [-0.1, -0.05) is 6.92 Å². The van der Waals surface area contributed by atoms with Crippen LogP contribution < -0.4 is 5.73 Å². The summed E-state index contributed by atoms with van der Waals surface area (Å²) in [6.07, 6.45) is 1.55. The summed E-state index contributed by atoms with van der Waals surface area (Å²) in [4.78, 5) is 12.7. The van der Waals surface area contributed by atoms with Crippen molar-refractivity contribution >= 4 is 5.91 Å². The predicted molar refractivity (Wildman–Crippen MR) is 41.6 cm³/mol. The molecule has 0 saturated heterocycles. The quantitative estimate of drug-likeness (QED) is 0.613. The molecule has 0 aliphatic rings. The fourth-order valence-electron chi connectivity index (χ4n) is 0.723. The van der Waals surface area contributed by atoms with Crippen LogP contribution in [-0.2, 0) is 4.79 Å². The summed E-state index contributed by atoms with van der Waals surface area (Å²) < 4.78 is 0. The molecular weight excluding hydrogens is 128 g/mol. The minimum atomic E-state index is 0.188. The number of nitrogens with zero attached hydrogens (tertiary/aromatic N) is 1. The first-order valence-corrected chi connectivity index (χ1v) is 3.66. The van der Waals surface area contributed by atoms with Crippen molar-refractivity contribution in [1.82, 2.24) is 4.90 Å². The molecule has 0 fully saturated rings. The van der Waals surface area contributed by atoms with E-state index in [1.54, 1.807) is 11.9 Å². The highest BCUT2D eigenvalue weighted by molar-refractivity contribution is 5.75. The van der Waals surface area contributed by atoms with E-state index < -0.39 is 0 Å². The van der Waals surface area contributed by atoms with Crippen LogP contribution in [0.5, 0.6) is 0 Å². The van der Waals surface area contributed by atoms with E-state index in [4.69, 9.17) is 5.73 Å². The number of likely N-dealkylation sites (N-methyl/N-ethyl adjacent to an activating group) is 1. The van der Waals surface area contributed by atoms with Crippen LogP contribution in [-0.4, -0.2) is 30.9 Å². The Morgan fingerprint density at radius 3 is 2.60 bits per heavy atom. The average molecular weight is 144 g/mol. The topological polar surface area (TPSA) is 46.3 Å². The molecule has 3 nitrogen and oxygen atoms in total. The Hall–Kier alpha value is -0.570. The Morgan fingerprint density at radius 1 is 1.60 bits per heavy atom. The summed E-state index contributed by atoms with van der Waals surface area (Å²) in [6.45, 7) is 3.21. The van der Waals surface area contributed by atoms with E-state index in [1.807, 2.05) is 6.92 Å². The SMILES string of the molecule is CCCC(=O)N(C)CCN. The maximum absolute atomic E-state index is 11.0. The van der Waals surface area contributed by atoms with Crippen molar-refractivity contribution in [2.24, 2.45) is 5.73 Å². The third kappa shape index (κ3) is 3.45. The van der Waals surface area contributed by atoms with Gasteiger partial charge in [0.15, 0.2) is 0 Å². The van der Waals surface area contributed by atoms with Gasteiger partial charge in [0.25, 0.3) is 0 Å². The zero-order valence-electron chi connectivity index (χ0n) is 6.76. The molecule has 0 heterocycles. The second-order valence-electron chi connectivity index (χ2n) is 2.35. The molecular formula is C7H16N2O. The largest absolute Gasteiger partial charge is 0.344 e. The molecule has 0 saturated carbocycles. The molecule has 60 valence electrons. The molecule has 3 heteroatoms. The Kier molecular flexibility index (Phi) is 4.94. The van der Waals surface area contributed by atoms with Gasteiger partial charge >= 0.3 is 0 Å². The van der Waals surface area contributed by atoms with Crippen molar-refractivity contribution < 1.29 is 4.79 Å². The molecule has 1 amide bonds. The van der Waals surface area contributed by atoms with Gasteiger partial charge in [-0.2, -0.15) is 0 Å². The van der Waals surface area contributed by atoms with Crippen molar-refractivity contribution in [1.29, 1.82) is 0 Å². The van der Waals surface area contributed by atoms with Gasteiger partial charge < -0.3 is 10.6 Å². The average Bonchev–Trinajstić information content (AvgIpc) is 1.89. The number of hydrogen-bond acceptors (Lipinski definition) is 2. The van der Waals surface area contributed by atoms with Gasteiger partial charge in [0.1, 0.15) is 0 Å². The van der Waals surface area contributed by atoms with E-state index in [9.17, 15) is 4.79 Å². The molecule has 0 radical (unpaired) electrons. The van der Waals surface area contributed by atoms with Gasteiger partial charge in [-0.25, -0.2) is 0 Å². The Bertz CT molecular complexity index is 104. The van der Waals surface area contributed by atoms with Gasteiger partial charge in [0.2, 0.25) is 5.91 Å². The summed E-state index contributed by atoms with van der Waals surface area (Å²) in [7, 11) is 1.78. The van der Waals surface area contributed by atoms with E-state index in [0.717, 1.165) is 6.42 Å². The number of hydrogen-bond donors (Lipinski definition) is 1. The van der Waals surface area contributed by atoms with Crippen LogP contribution in [0, 0.1) is 0 Å². The van der Waals surface area contributed by atoms with Crippen LogP contribution in [0.4, 0.5) is 0 Å². The first-order chi connectivity index (χ1) is 4.72. The van der Waals surface area contributed by atoms with Crippen molar-refractivity contribution in [3.63, 3.8) is 0 Å². The fourth-order valence-corrected chi connectivity index (χ4v) is 0.723.